The fourth-order valence-corrected chi connectivity index (χ4v) is 2.98. The Bertz CT molecular complexity index is 836. The van der Waals surface area contributed by atoms with Crippen molar-refractivity contribution in [2.75, 3.05) is 17.3 Å². The van der Waals surface area contributed by atoms with E-state index >= 15 is 0 Å². The molecule has 0 unspecified atom stereocenters. The number of likely N-dealkylation sites (N-methyl/N-ethyl adjacent to an activating group) is 1. The van der Waals surface area contributed by atoms with Gasteiger partial charge in [-0.05, 0) is 12.1 Å². The summed E-state index contributed by atoms with van der Waals surface area (Å²) < 4.78 is 0. The number of fused-ring (bicyclic) bond motifs is 2. The average Bonchev–Trinajstić information content (AvgIpc) is 2.95. The van der Waals surface area contributed by atoms with Crippen molar-refractivity contribution < 1.29 is 9.59 Å². The maximum atomic E-state index is 12.6. The van der Waals surface area contributed by atoms with Crippen molar-refractivity contribution in [2.45, 2.75) is 0 Å². The molecule has 0 bridgehead atoms. The van der Waals surface area contributed by atoms with Gasteiger partial charge < -0.3 is 10.2 Å². The van der Waals surface area contributed by atoms with Gasteiger partial charge >= 0.3 is 0 Å². The number of nitrogens with zero attached hydrogens (tertiary/aromatic N) is 1. The highest BCUT2D eigenvalue weighted by molar-refractivity contribution is 6.49. The average molecular weight is 276 g/mol. The van der Waals surface area contributed by atoms with Crippen LogP contribution in [-0.4, -0.2) is 18.9 Å². The molecule has 2 aromatic carbocycles. The van der Waals surface area contributed by atoms with Crippen molar-refractivity contribution in [2.24, 2.45) is 0 Å². The van der Waals surface area contributed by atoms with E-state index in [2.05, 4.69) is 5.32 Å². The first-order chi connectivity index (χ1) is 10.2. The number of anilines is 2. The molecule has 0 fully saturated rings. The lowest BCUT2D eigenvalue weighted by molar-refractivity contribution is -0.113. The normalized spacial score (nSPS) is 19.6. The zero-order chi connectivity index (χ0) is 14.6. The summed E-state index contributed by atoms with van der Waals surface area (Å²) in [5.41, 5.74) is 4.14. The molecule has 1 N–H and O–H groups in total. The third-order valence-corrected chi connectivity index (χ3v) is 3.97. The lowest BCUT2D eigenvalue weighted by atomic mass is 9.96. The van der Waals surface area contributed by atoms with Crippen molar-refractivity contribution in [3.05, 3.63) is 59.7 Å². The smallest absolute Gasteiger partial charge is 0.259 e. The third kappa shape index (κ3) is 1.50. The number of carbonyl (C=O) groups is 2. The molecule has 2 aliphatic rings. The summed E-state index contributed by atoms with van der Waals surface area (Å²) in [6.45, 7) is 0. The van der Waals surface area contributed by atoms with Crippen LogP contribution in [0.2, 0.25) is 0 Å². The van der Waals surface area contributed by atoms with Gasteiger partial charge in [-0.1, -0.05) is 36.4 Å². The monoisotopic (exact) mass is 276 g/mol. The van der Waals surface area contributed by atoms with Crippen LogP contribution in [-0.2, 0) is 9.59 Å². The Kier molecular flexibility index (Phi) is 2.30. The lowest BCUT2D eigenvalue weighted by Crippen LogP contribution is -2.21. The van der Waals surface area contributed by atoms with Gasteiger partial charge in [-0.15, -0.1) is 0 Å². The van der Waals surface area contributed by atoms with Gasteiger partial charge in [0.05, 0.1) is 16.8 Å². The molecule has 4 rings (SSSR count). The second-order valence-corrected chi connectivity index (χ2v) is 5.13. The van der Waals surface area contributed by atoms with Crippen molar-refractivity contribution in [1.29, 1.82) is 0 Å². The van der Waals surface area contributed by atoms with Crippen LogP contribution in [0.3, 0.4) is 0 Å². The Morgan fingerprint density at radius 2 is 1.52 bits per heavy atom. The molecule has 4 nitrogen and oxygen atoms in total. The van der Waals surface area contributed by atoms with E-state index in [4.69, 9.17) is 0 Å². The molecule has 0 saturated heterocycles. The topological polar surface area (TPSA) is 49.4 Å². The standard InChI is InChI=1S/C17H12N2O2/c1-19-13-9-5-3-7-11(13)15(17(19)21)14-10-6-2-4-8-12(10)18-16(14)20/h2-9H,1H3,(H,18,20)/b15-14+. The second kappa shape index (κ2) is 4.06. The second-order valence-electron chi connectivity index (χ2n) is 5.13. The Labute approximate surface area is 121 Å². The number of benzene rings is 2. The van der Waals surface area contributed by atoms with Gasteiger partial charge in [0.1, 0.15) is 0 Å². The molecule has 4 heteroatoms. The number of hydrogen-bond acceptors (Lipinski definition) is 2. The van der Waals surface area contributed by atoms with Crippen LogP contribution in [0.25, 0.3) is 11.1 Å². The minimum atomic E-state index is -0.218. The van der Waals surface area contributed by atoms with E-state index in [0.717, 1.165) is 22.5 Å². The highest BCUT2D eigenvalue weighted by Crippen LogP contribution is 2.43. The predicted octanol–water partition coefficient (Wildman–Crippen LogP) is 2.53. The van der Waals surface area contributed by atoms with Crippen molar-refractivity contribution in [3.63, 3.8) is 0 Å². The third-order valence-electron chi connectivity index (χ3n) is 3.97. The summed E-state index contributed by atoms with van der Waals surface area (Å²) in [7, 11) is 1.73. The summed E-state index contributed by atoms with van der Waals surface area (Å²) in [5, 5.41) is 2.82. The molecule has 2 aliphatic heterocycles. The van der Waals surface area contributed by atoms with Crippen LogP contribution in [0.15, 0.2) is 48.5 Å². The molecular weight excluding hydrogens is 264 g/mol. The van der Waals surface area contributed by atoms with E-state index in [9.17, 15) is 9.59 Å². The van der Waals surface area contributed by atoms with Gasteiger partial charge in [-0.25, -0.2) is 0 Å². The van der Waals surface area contributed by atoms with E-state index in [-0.39, 0.29) is 11.8 Å². The molecule has 0 aromatic heterocycles. The first-order valence-electron chi connectivity index (χ1n) is 6.71. The molecular formula is C17H12N2O2. The number of nitrogens with one attached hydrogen (secondary N) is 1. The molecule has 102 valence electrons. The van der Waals surface area contributed by atoms with Gasteiger partial charge in [0, 0.05) is 23.9 Å². The van der Waals surface area contributed by atoms with E-state index < -0.39 is 0 Å². The molecule has 0 saturated carbocycles. The van der Waals surface area contributed by atoms with Crippen LogP contribution in [0.4, 0.5) is 11.4 Å². The number of para-hydroxylation sites is 2. The van der Waals surface area contributed by atoms with Crippen LogP contribution in [0.1, 0.15) is 11.1 Å². The first-order valence-corrected chi connectivity index (χ1v) is 6.71. The van der Waals surface area contributed by atoms with Crippen LogP contribution < -0.4 is 10.2 Å². The van der Waals surface area contributed by atoms with Gasteiger partial charge in [-0.2, -0.15) is 0 Å². The van der Waals surface area contributed by atoms with E-state index in [1.54, 1.807) is 11.9 Å². The zero-order valence-corrected chi connectivity index (χ0v) is 11.4. The van der Waals surface area contributed by atoms with Crippen LogP contribution in [0, 0.1) is 0 Å². The van der Waals surface area contributed by atoms with Crippen molar-refractivity contribution >= 4 is 34.3 Å². The van der Waals surface area contributed by atoms with Crippen molar-refractivity contribution in [1.82, 2.24) is 0 Å². The molecule has 21 heavy (non-hydrogen) atoms. The minimum absolute atomic E-state index is 0.141. The molecule has 0 aliphatic carbocycles. The number of amides is 2. The maximum Gasteiger partial charge on any atom is 0.259 e. The van der Waals surface area contributed by atoms with Gasteiger partial charge in [0.15, 0.2) is 0 Å². The zero-order valence-electron chi connectivity index (χ0n) is 11.4. The SMILES string of the molecule is CN1C(=O)/C(=C2/C(=O)Nc3ccccc32)c2ccccc21. The Morgan fingerprint density at radius 1 is 0.857 bits per heavy atom. The van der Waals surface area contributed by atoms with E-state index in [0.29, 0.717) is 11.1 Å². The summed E-state index contributed by atoms with van der Waals surface area (Å²) in [4.78, 5) is 26.5. The van der Waals surface area contributed by atoms with Crippen LogP contribution in [0.5, 0.6) is 0 Å². The van der Waals surface area contributed by atoms with E-state index in [1.165, 1.54) is 0 Å². The van der Waals surface area contributed by atoms with Gasteiger partial charge in [-0.3, -0.25) is 9.59 Å². The number of rotatable bonds is 0. The highest BCUT2D eigenvalue weighted by Gasteiger charge is 2.37. The molecule has 2 amide bonds. The summed E-state index contributed by atoms with van der Waals surface area (Å²) >= 11 is 0. The number of carbonyl (C=O) groups excluding carboxylic acids is 2. The quantitative estimate of drug-likeness (QED) is 0.752. The molecule has 0 atom stereocenters. The van der Waals surface area contributed by atoms with Gasteiger partial charge in [0.25, 0.3) is 11.8 Å². The fourth-order valence-electron chi connectivity index (χ4n) is 2.98. The summed E-state index contributed by atoms with van der Waals surface area (Å²) in [6.07, 6.45) is 0. The number of hydrogen-bond donors (Lipinski definition) is 1. The van der Waals surface area contributed by atoms with Gasteiger partial charge in [0.2, 0.25) is 0 Å². The Morgan fingerprint density at radius 3 is 2.33 bits per heavy atom. The largest absolute Gasteiger partial charge is 0.321 e. The summed E-state index contributed by atoms with van der Waals surface area (Å²) in [5.74, 6) is -0.359. The molecule has 0 radical (unpaired) electrons. The molecule has 2 heterocycles. The highest BCUT2D eigenvalue weighted by atomic mass is 16.2. The first kappa shape index (κ1) is 11.9. The molecule has 0 spiro atoms. The van der Waals surface area contributed by atoms with Crippen molar-refractivity contribution in [3.8, 4) is 0 Å². The predicted molar refractivity (Wildman–Crippen MR) is 81.7 cm³/mol. The van der Waals surface area contributed by atoms with Crippen LogP contribution >= 0.6 is 0 Å². The minimum Gasteiger partial charge on any atom is -0.321 e. The maximum absolute atomic E-state index is 12.6. The fraction of sp³-hybridized carbons (Fsp3) is 0.0588. The lowest BCUT2D eigenvalue weighted by Gasteiger charge is -2.08. The summed E-state index contributed by atoms with van der Waals surface area (Å²) in [6, 6.07) is 15.0. The van der Waals surface area contributed by atoms with E-state index in [1.807, 2.05) is 48.5 Å². The molecule has 2 aromatic rings. The Hall–Kier alpha value is -2.88. The Balaban J connectivity index is 2.06.